The summed E-state index contributed by atoms with van der Waals surface area (Å²) in [6.45, 7) is 6.92. The van der Waals surface area contributed by atoms with Gasteiger partial charge in [0.2, 0.25) is 0 Å². The van der Waals surface area contributed by atoms with Crippen LogP contribution in [-0.2, 0) is 0 Å². The van der Waals surface area contributed by atoms with Crippen LogP contribution in [0.2, 0.25) is 0 Å². The number of hydrogen-bond donors (Lipinski definition) is 1. The Bertz CT molecular complexity index is 682. The van der Waals surface area contributed by atoms with E-state index in [1.807, 2.05) is 23.9 Å². The van der Waals surface area contributed by atoms with Gasteiger partial charge in [-0.3, -0.25) is 4.40 Å². The summed E-state index contributed by atoms with van der Waals surface area (Å²) in [5, 5.41) is 11.2. The molecule has 1 N–H and O–H groups in total. The van der Waals surface area contributed by atoms with Gasteiger partial charge in [-0.1, -0.05) is 20.8 Å². The lowest BCUT2D eigenvalue weighted by Crippen LogP contribution is -2.25. The van der Waals surface area contributed by atoms with Gasteiger partial charge in [0.05, 0.1) is 11.9 Å². The number of aliphatic hydroxyl groups is 1. The fourth-order valence-corrected chi connectivity index (χ4v) is 5.48. The minimum atomic E-state index is -0.377. The lowest BCUT2D eigenvalue weighted by molar-refractivity contribution is 0.0290. The molecule has 2 saturated carbocycles. The molecule has 2 aromatic heterocycles. The van der Waals surface area contributed by atoms with E-state index in [2.05, 4.69) is 30.2 Å². The Labute approximate surface area is 130 Å². The summed E-state index contributed by atoms with van der Waals surface area (Å²) >= 11 is 1.83. The average molecular weight is 304 g/mol. The zero-order chi connectivity index (χ0) is 14.8. The maximum absolute atomic E-state index is 11.2. The summed E-state index contributed by atoms with van der Waals surface area (Å²) < 4.78 is 2.14. The van der Waals surface area contributed by atoms with E-state index in [-0.39, 0.29) is 11.5 Å². The molecule has 4 heteroatoms. The van der Waals surface area contributed by atoms with E-state index in [0.29, 0.717) is 11.3 Å². The van der Waals surface area contributed by atoms with Gasteiger partial charge in [0.25, 0.3) is 0 Å². The number of thiazole rings is 1. The molecule has 2 atom stereocenters. The van der Waals surface area contributed by atoms with E-state index in [1.54, 1.807) is 0 Å². The maximum Gasteiger partial charge on any atom is 0.120 e. The van der Waals surface area contributed by atoms with Crippen molar-refractivity contribution in [3.8, 4) is 0 Å². The molecule has 114 valence electrons. The van der Waals surface area contributed by atoms with Crippen molar-refractivity contribution >= 4 is 16.2 Å². The standard InChI is InChI=1S/C17H24N2OS/c1-16(2)6-7-17(3,9-16)15(20)13-14(11-4-5-11)21-12-8-18-10-19(12)13/h8,10-11,15,20H,4-7,9H2,1-3H3. The molecule has 2 heterocycles. The number of aromatic nitrogens is 2. The molecule has 4 rings (SSSR count). The lowest BCUT2D eigenvalue weighted by atomic mass is 9.77. The van der Waals surface area contributed by atoms with E-state index >= 15 is 0 Å². The highest BCUT2D eigenvalue weighted by Crippen LogP contribution is 2.57. The van der Waals surface area contributed by atoms with Crippen LogP contribution in [0.25, 0.3) is 4.83 Å². The molecule has 2 unspecified atom stereocenters. The number of hydrogen-bond acceptors (Lipinski definition) is 3. The van der Waals surface area contributed by atoms with Gasteiger partial charge in [-0.25, -0.2) is 4.98 Å². The molecule has 0 bridgehead atoms. The molecular formula is C17H24N2OS. The van der Waals surface area contributed by atoms with E-state index in [9.17, 15) is 5.11 Å². The highest BCUT2D eigenvalue weighted by Gasteiger charge is 2.47. The predicted molar refractivity (Wildman–Crippen MR) is 85.7 cm³/mol. The van der Waals surface area contributed by atoms with Gasteiger partial charge in [0, 0.05) is 4.88 Å². The van der Waals surface area contributed by atoms with Crippen LogP contribution in [0.4, 0.5) is 0 Å². The van der Waals surface area contributed by atoms with Crippen molar-refractivity contribution in [1.82, 2.24) is 9.38 Å². The summed E-state index contributed by atoms with van der Waals surface area (Å²) in [4.78, 5) is 6.85. The van der Waals surface area contributed by atoms with Crippen molar-refractivity contribution in [1.29, 1.82) is 0 Å². The molecule has 0 aliphatic heterocycles. The van der Waals surface area contributed by atoms with Gasteiger partial charge in [0.1, 0.15) is 17.3 Å². The second-order valence-electron chi connectivity index (χ2n) is 8.13. The highest BCUT2D eigenvalue weighted by atomic mass is 32.1. The van der Waals surface area contributed by atoms with Crippen molar-refractivity contribution in [2.24, 2.45) is 10.8 Å². The molecule has 0 aromatic carbocycles. The second-order valence-corrected chi connectivity index (χ2v) is 9.19. The summed E-state index contributed by atoms with van der Waals surface area (Å²) in [7, 11) is 0. The Kier molecular flexibility index (Phi) is 2.84. The Morgan fingerprint density at radius 1 is 1.33 bits per heavy atom. The summed E-state index contributed by atoms with van der Waals surface area (Å²) in [5.41, 5.74) is 1.47. The first-order valence-electron chi connectivity index (χ1n) is 8.02. The van der Waals surface area contributed by atoms with Gasteiger partial charge >= 0.3 is 0 Å². The molecule has 2 aliphatic carbocycles. The Morgan fingerprint density at radius 2 is 2.10 bits per heavy atom. The van der Waals surface area contributed by atoms with Gasteiger partial charge in [-0.2, -0.15) is 0 Å². The fraction of sp³-hybridized carbons (Fsp3) is 0.706. The zero-order valence-corrected chi connectivity index (χ0v) is 13.9. The molecule has 0 saturated heterocycles. The summed E-state index contributed by atoms with van der Waals surface area (Å²) in [6, 6.07) is 0. The topological polar surface area (TPSA) is 37.5 Å². The minimum absolute atomic E-state index is 0.00852. The number of aliphatic hydroxyl groups excluding tert-OH is 1. The Balaban J connectivity index is 1.78. The molecule has 2 fully saturated rings. The third-order valence-electron chi connectivity index (χ3n) is 5.45. The van der Waals surface area contributed by atoms with Crippen molar-refractivity contribution < 1.29 is 5.11 Å². The summed E-state index contributed by atoms with van der Waals surface area (Å²) in [5.74, 6) is 0.678. The van der Waals surface area contributed by atoms with Crippen LogP contribution < -0.4 is 0 Å². The number of nitrogens with zero attached hydrogens (tertiary/aromatic N) is 2. The predicted octanol–water partition coefficient (Wildman–Crippen LogP) is 4.52. The molecule has 0 amide bonds. The normalized spacial score (nSPS) is 30.1. The number of imidazole rings is 1. The van der Waals surface area contributed by atoms with Crippen molar-refractivity contribution in [2.75, 3.05) is 0 Å². The molecule has 3 nitrogen and oxygen atoms in total. The smallest absolute Gasteiger partial charge is 0.120 e. The first-order valence-corrected chi connectivity index (χ1v) is 8.84. The average Bonchev–Trinajstić information content (AvgIpc) is 2.93. The molecule has 2 aromatic rings. The van der Waals surface area contributed by atoms with Crippen LogP contribution in [0.5, 0.6) is 0 Å². The number of rotatable bonds is 3. The van der Waals surface area contributed by atoms with Gasteiger partial charge in [-0.05, 0) is 48.9 Å². The van der Waals surface area contributed by atoms with Gasteiger partial charge in [0.15, 0.2) is 0 Å². The van der Waals surface area contributed by atoms with Crippen LogP contribution in [0.15, 0.2) is 12.5 Å². The monoisotopic (exact) mass is 304 g/mol. The molecule has 2 aliphatic rings. The highest BCUT2D eigenvalue weighted by molar-refractivity contribution is 7.17. The quantitative estimate of drug-likeness (QED) is 0.905. The van der Waals surface area contributed by atoms with E-state index in [1.165, 1.54) is 29.0 Å². The van der Waals surface area contributed by atoms with Crippen molar-refractivity contribution in [3.05, 3.63) is 23.1 Å². The van der Waals surface area contributed by atoms with Gasteiger partial charge < -0.3 is 5.11 Å². The maximum atomic E-state index is 11.2. The van der Waals surface area contributed by atoms with Crippen LogP contribution >= 0.6 is 11.3 Å². The van der Waals surface area contributed by atoms with Crippen molar-refractivity contribution in [2.45, 2.75) is 64.9 Å². The second kappa shape index (κ2) is 4.32. The largest absolute Gasteiger partial charge is 0.386 e. The van der Waals surface area contributed by atoms with Crippen LogP contribution in [0.3, 0.4) is 0 Å². The minimum Gasteiger partial charge on any atom is -0.386 e. The zero-order valence-electron chi connectivity index (χ0n) is 13.1. The number of fused-ring (bicyclic) bond motifs is 1. The summed E-state index contributed by atoms with van der Waals surface area (Å²) in [6.07, 6.45) is 9.38. The van der Waals surface area contributed by atoms with Crippen molar-refractivity contribution in [3.63, 3.8) is 0 Å². The Hall–Kier alpha value is -0.870. The Morgan fingerprint density at radius 3 is 2.71 bits per heavy atom. The van der Waals surface area contributed by atoms with Crippen LogP contribution in [-0.4, -0.2) is 14.5 Å². The third-order valence-corrected chi connectivity index (χ3v) is 6.73. The first kappa shape index (κ1) is 13.8. The lowest BCUT2D eigenvalue weighted by Gasteiger charge is -2.32. The first-order chi connectivity index (χ1) is 9.90. The van der Waals surface area contributed by atoms with E-state index in [0.717, 1.165) is 18.5 Å². The molecule has 21 heavy (non-hydrogen) atoms. The van der Waals surface area contributed by atoms with E-state index < -0.39 is 0 Å². The SMILES string of the molecule is CC1(C)CCC(C)(C(O)c2c(C3CC3)sc3cncn23)C1. The van der Waals surface area contributed by atoms with Crippen LogP contribution in [0, 0.1) is 10.8 Å². The third kappa shape index (κ3) is 2.15. The molecule has 0 spiro atoms. The van der Waals surface area contributed by atoms with Crippen LogP contribution in [0.1, 0.15) is 75.5 Å². The van der Waals surface area contributed by atoms with Gasteiger partial charge in [-0.15, -0.1) is 11.3 Å². The molecular weight excluding hydrogens is 280 g/mol. The molecule has 0 radical (unpaired) electrons. The fourth-order valence-electron chi connectivity index (χ4n) is 4.18. The van der Waals surface area contributed by atoms with E-state index in [4.69, 9.17) is 0 Å².